The number of aromatic nitrogens is 2. The molecule has 4 rings (SSSR count). The second-order valence-corrected chi connectivity index (χ2v) is 7.44. The summed E-state index contributed by atoms with van der Waals surface area (Å²) in [5.74, 6) is 0.712. The van der Waals surface area contributed by atoms with Gasteiger partial charge >= 0.3 is 6.03 Å². The Morgan fingerprint density at radius 2 is 2.03 bits per heavy atom. The van der Waals surface area contributed by atoms with Crippen molar-refractivity contribution >= 4 is 17.6 Å². The van der Waals surface area contributed by atoms with Gasteiger partial charge in [-0.2, -0.15) is 10.1 Å². The number of nitrogens with one attached hydrogen (secondary N) is 1. The van der Waals surface area contributed by atoms with Crippen molar-refractivity contribution in [3.8, 4) is 0 Å². The van der Waals surface area contributed by atoms with Crippen LogP contribution in [0.4, 0.5) is 4.79 Å². The van der Waals surface area contributed by atoms with E-state index >= 15 is 0 Å². The first-order valence-electron chi connectivity index (χ1n) is 9.83. The molecule has 3 amide bonds. The van der Waals surface area contributed by atoms with E-state index in [0.29, 0.717) is 30.6 Å². The van der Waals surface area contributed by atoms with E-state index in [-0.39, 0.29) is 25.1 Å². The minimum absolute atomic E-state index is 0.0391. The summed E-state index contributed by atoms with van der Waals surface area (Å²) in [6, 6.07) is 6.68. The fourth-order valence-corrected chi connectivity index (χ4v) is 3.51. The summed E-state index contributed by atoms with van der Waals surface area (Å²) in [6.45, 7) is 6.70. The largest absolute Gasteiger partial charge is 0.370 e. The molecule has 0 bridgehead atoms. The molecule has 10 nitrogen and oxygen atoms in total. The van der Waals surface area contributed by atoms with Gasteiger partial charge in [-0.25, -0.2) is 9.80 Å². The maximum atomic E-state index is 12.9. The van der Waals surface area contributed by atoms with Crippen molar-refractivity contribution in [3.05, 3.63) is 47.1 Å². The van der Waals surface area contributed by atoms with E-state index in [1.165, 1.54) is 5.01 Å². The number of carbonyl (C=O) groups excluding carboxylic acids is 2. The molecule has 2 aliphatic heterocycles. The lowest BCUT2D eigenvalue weighted by Crippen LogP contribution is -2.52. The van der Waals surface area contributed by atoms with Crippen LogP contribution in [0.5, 0.6) is 0 Å². The van der Waals surface area contributed by atoms with Crippen LogP contribution in [-0.4, -0.2) is 70.0 Å². The molecular formula is C20H24N6O4. The minimum atomic E-state index is -0.471. The third-order valence-corrected chi connectivity index (χ3v) is 5.12. The Balaban J connectivity index is 1.56. The fourth-order valence-electron chi connectivity index (χ4n) is 3.51. The predicted molar refractivity (Wildman–Crippen MR) is 107 cm³/mol. The first-order chi connectivity index (χ1) is 14.4. The standard InChI is InChI=1S/C20H24N6O4/c1-12-4-6-15(7-5-12)18-16(25-8-9-29-11-17(25)27)10-26(23-18)20(28)21-13(2)19-22-14(3)24-30-19/h4-7,13,16H,8-11H2,1-3H3,(H,21,28)/t13?,16-/m0/s1. The van der Waals surface area contributed by atoms with Crippen molar-refractivity contribution in [3.63, 3.8) is 0 Å². The molecule has 3 heterocycles. The zero-order valence-electron chi connectivity index (χ0n) is 17.2. The zero-order valence-corrected chi connectivity index (χ0v) is 17.2. The Morgan fingerprint density at radius 1 is 1.27 bits per heavy atom. The molecule has 2 aliphatic rings. The van der Waals surface area contributed by atoms with Crippen molar-refractivity contribution < 1.29 is 18.8 Å². The number of rotatable bonds is 4. The average Bonchev–Trinajstić information content (AvgIpc) is 3.36. The summed E-state index contributed by atoms with van der Waals surface area (Å²) in [6.07, 6.45) is 0. The van der Waals surface area contributed by atoms with Crippen LogP contribution in [0.15, 0.2) is 33.9 Å². The molecule has 0 saturated carbocycles. The molecule has 0 aliphatic carbocycles. The average molecular weight is 412 g/mol. The maximum absolute atomic E-state index is 12.9. The molecule has 1 N–H and O–H groups in total. The monoisotopic (exact) mass is 412 g/mol. The molecule has 2 atom stereocenters. The number of carbonyl (C=O) groups is 2. The van der Waals surface area contributed by atoms with Crippen molar-refractivity contribution in [1.82, 2.24) is 25.4 Å². The molecule has 1 unspecified atom stereocenters. The van der Waals surface area contributed by atoms with Crippen LogP contribution in [0.25, 0.3) is 0 Å². The van der Waals surface area contributed by atoms with E-state index < -0.39 is 12.1 Å². The molecule has 1 fully saturated rings. The van der Waals surface area contributed by atoms with Crippen molar-refractivity contribution in [2.75, 3.05) is 26.3 Å². The van der Waals surface area contributed by atoms with E-state index in [1.54, 1.807) is 18.7 Å². The van der Waals surface area contributed by atoms with E-state index in [4.69, 9.17) is 9.26 Å². The summed E-state index contributed by atoms with van der Waals surface area (Å²) in [5, 5.41) is 12.5. The summed E-state index contributed by atoms with van der Waals surface area (Å²) in [7, 11) is 0. The van der Waals surface area contributed by atoms with Crippen LogP contribution in [0.1, 0.15) is 35.8 Å². The highest BCUT2D eigenvalue weighted by molar-refractivity contribution is 6.08. The number of morpholine rings is 1. The number of hydrazone groups is 1. The molecule has 10 heteroatoms. The lowest BCUT2D eigenvalue weighted by Gasteiger charge is -2.32. The Kier molecular flexibility index (Phi) is 5.49. The van der Waals surface area contributed by atoms with Gasteiger partial charge in [0.2, 0.25) is 11.8 Å². The predicted octanol–water partition coefficient (Wildman–Crippen LogP) is 1.40. The first kappa shape index (κ1) is 20.0. The number of amides is 3. The van der Waals surface area contributed by atoms with Crippen LogP contribution in [0.2, 0.25) is 0 Å². The molecule has 2 aromatic rings. The van der Waals surface area contributed by atoms with E-state index in [2.05, 4.69) is 20.6 Å². The quantitative estimate of drug-likeness (QED) is 0.812. The molecule has 1 aromatic carbocycles. The van der Waals surface area contributed by atoms with Crippen molar-refractivity contribution in [1.29, 1.82) is 0 Å². The molecule has 158 valence electrons. The lowest BCUT2D eigenvalue weighted by molar-refractivity contribution is -0.143. The van der Waals surface area contributed by atoms with Gasteiger partial charge in [-0.05, 0) is 26.3 Å². The highest BCUT2D eigenvalue weighted by Crippen LogP contribution is 2.22. The Morgan fingerprint density at radius 3 is 2.70 bits per heavy atom. The van der Waals surface area contributed by atoms with Crippen molar-refractivity contribution in [2.24, 2.45) is 5.10 Å². The van der Waals surface area contributed by atoms with Gasteiger partial charge in [0, 0.05) is 6.54 Å². The Bertz CT molecular complexity index is 970. The van der Waals surface area contributed by atoms with Crippen LogP contribution in [0.3, 0.4) is 0 Å². The van der Waals surface area contributed by atoms with Gasteiger partial charge in [-0.1, -0.05) is 35.0 Å². The fraction of sp³-hybridized carbons (Fsp3) is 0.450. The highest BCUT2D eigenvalue weighted by Gasteiger charge is 2.38. The lowest BCUT2D eigenvalue weighted by atomic mass is 10.0. The summed E-state index contributed by atoms with van der Waals surface area (Å²) in [5.41, 5.74) is 2.68. The Hall–Kier alpha value is -3.27. The zero-order chi connectivity index (χ0) is 21.3. The van der Waals surface area contributed by atoms with E-state index in [0.717, 1.165) is 11.1 Å². The number of aryl methyl sites for hydroxylation is 2. The number of benzene rings is 1. The van der Waals surface area contributed by atoms with Gasteiger partial charge in [0.05, 0.1) is 24.9 Å². The number of hydrogen-bond acceptors (Lipinski definition) is 7. The summed E-state index contributed by atoms with van der Waals surface area (Å²) >= 11 is 0. The van der Waals surface area contributed by atoms with Gasteiger partial charge in [0.15, 0.2) is 5.82 Å². The van der Waals surface area contributed by atoms with Crippen LogP contribution < -0.4 is 5.32 Å². The third kappa shape index (κ3) is 4.04. The van der Waals surface area contributed by atoms with Gasteiger partial charge in [-0.3, -0.25) is 4.79 Å². The maximum Gasteiger partial charge on any atom is 0.338 e. The Labute approximate surface area is 173 Å². The van der Waals surface area contributed by atoms with E-state index in [9.17, 15) is 9.59 Å². The normalized spacial score (nSPS) is 20.3. The third-order valence-electron chi connectivity index (χ3n) is 5.12. The second-order valence-electron chi connectivity index (χ2n) is 7.44. The molecule has 0 radical (unpaired) electrons. The van der Waals surface area contributed by atoms with Gasteiger partial charge < -0.3 is 19.5 Å². The first-order valence-corrected chi connectivity index (χ1v) is 9.83. The summed E-state index contributed by atoms with van der Waals surface area (Å²) in [4.78, 5) is 31.2. The molecule has 0 spiro atoms. The number of nitrogens with zero attached hydrogens (tertiary/aromatic N) is 5. The molecule has 1 aromatic heterocycles. The second kappa shape index (κ2) is 8.23. The minimum Gasteiger partial charge on any atom is -0.370 e. The summed E-state index contributed by atoms with van der Waals surface area (Å²) < 4.78 is 10.4. The highest BCUT2D eigenvalue weighted by atomic mass is 16.5. The van der Waals surface area contributed by atoms with E-state index in [1.807, 2.05) is 31.2 Å². The number of hydrogen-bond donors (Lipinski definition) is 1. The molecule has 30 heavy (non-hydrogen) atoms. The van der Waals surface area contributed by atoms with Crippen LogP contribution >= 0.6 is 0 Å². The molecule has 1 saturated heterocycles. The smallest absolute Gasteiger partial charge is 0.338 e. The van der Waals surface area contributed by atoms with Gasteiger partial charge in [-0.15, -0.1) is 0 Å². The van der Waals surface area contributed by atoms with Gasteiger partial charge in [0.1, 0.15) is 12.6 Å². The van der Waals surface area contributed by atoms with Crippen LogP contribution in [0, 0.1) is 13.8 Å². The SMILES string of the molecule is Cc1ccc(C2=NN(C(=O)NC(C)c3nc(C)no3)C[C@@H]2N2CCOCC2=O)cc1. The van der Waals surface area contributed by atoms with Gasteiger partial charge in [0.25, 0.3) is 0 Å². The van der Waals surface area contributed by atoms with Crippen LogP contribution in [-0.2, 0) is 9.53 Å². The van der Waals surface area contributed by atoms with Crippen molar-refractivity contribution in [2.45, 2.75) is 32.9 Å². The molecular weight excluding hydrogens is 388 g/mol. The number of urea groups is 1. The number of ether oxygens (including phenoxy) is 1. The topological polar surface area (TPSA) is 113 Å².